The van der Waals surface area contributed by atoms with Gasteiger partial charge in [0.05, 0.1) is 6.10 Å². The van der Waals surface area contributed by atoms with Gasteiger partial charge in [0.1, 0.15) is 0 Å². The maximum atomic E-state index is 5.69. The lowest BCUT2D eigenvalue weighted by Crippen LogP contribution is -2.25. The van der Waals surface area contributed by atoms with E-state index in [1.807, 2.05) is 6.08 Å². The molecule has 2 nitrogen and oxygen atoms in total. The first kappa shape index (κ1) is 13.7. The molecule has 0 radical (unpaired) electrons. The van der Waals surface area contributed by atoms with Crippen molar-refractivity contribution < 1.29 is 4.74 Å². The molecule has 0 bridgehead atoms. The highest BCUT2D eigenvalue weighted by Crippen LogP contribution is 2.14. The van der Waals surface area contributed by atoms with Gasteiger partial charge >= 0.3 is 0 Å². The lowest BCUT2D eigenvalue weighted by Gasteiger charge is -2.22. The average molecular weight is 225 g/mol. The van der Waals surface area contributed by atoms with Gasteiger partial charge in [-0.25, -0.2) is 0 Å². The summed E-state index contributed by atoms with van der Waals surface area (Å²) in [4.78, 5) is 0. The summed E-state index contributed by atoms with van der Waals surface area (Å²) in [5, 5.41) is 3.50. The molecule has 1 aliphatic heterocycles. The topological polar surface area (TPSA) is 21.3 Å². The van der Waals surface area contributed by atoms with Crippen LogP contribution in [-0.2, 0) is 4.74 Å². The number of unbranched alkanes of at least 4 members (excludes halogenated alkanes) is 3. The van der Waals surface area contributed by atoms with E-state index in [-0.39, 0.29) is 0 Å². The molecule has 0 aromatic carbocycles. The Hall–Kier alpha value is -0.340. The van der Waals surface area contributed by atoms with Crippen LogP contribution in [0.4, 0.5) is 0 Å². The van der Waals surface area contributed by atoms with Crippen LogP contribution in [0.2, 0.25) is 0 Å². The van der Waals surface area contributed by atoms with Gasteiger partial charge in [0.25, 0.3) is 0 Å². The molecule has 1 rings (SSSR count). The van der Waals surface area contributed by atoms with Crippen molar-refractivity contribution in [2.45, 2.75) is 57.5 Å². The van der Waals surface area contributed by atoms with Crippen LogP contribution in [0, 0.1) is 0 Å². The molecular formula is C14H27NO. The quantitative estimate of drug-likeness (QED) is 0.480. The molecule has 1 aliphatic rings. The van der Waals surface area contributed by atoms with Gasteiger partial charge in [0, 0.05) is 6.61 Å². The lowest BCUT2D eigenvalue weighted by atomic mass is 10.1. The van der Waals surface area contributed by atoms with E-state index in [0.717, 1.165) is 26.1 Å². The highest BCUT2D eigenvalue weighted by molar-refractivity contribution is 4.66. The summed E-state index contributed by atoms with van der Waals surface area (Å²) in [6.45, 7) is 6.98. The first-order valence-corrected chi connectivity index (χ1v) is 6.86. The molecule has 1 fully saturated rings. The molecule has 1 heterocycles. The van der Waals surface area contributed by atoms with Crippen LogP contribution < -0.4 is 5.32 Å². The normalized spacial score (nSPS) is 20.9. The maximum Gasteiger partial charge on any atom is 0.0587 e. The molecule has 1 N–H and O–H groups in total. The first-order valence-electron chi connectivity index (χ1n) is 6.86. The molecule has 0 amide bonds. The van der Waals surface area contributed by atoms with Crippen LogP contribution in [0.25, 0.3) is 0 Å². The van der Waals surface area contributed by atoms with Gasteiger partial charge < -0.3 is 10.1 Å². The Morgan fingerprint density at radius 1 is 1.19 bits per heavy atom. The molecule has 0 spiro atoms. The van der Waals surface area contributed by atoms with E-state index in [9.17, 15) is 0 Å². The van der Waals surface area contributed by atoms with E-state index >= 15 is 0 Å². The summed E-state index contributed by atoms with van der Waals surface area (Å²) in [6.07, 6.45) is 12.7. The van der Waals surface area contributed by atoms with Gasteiger partial charge in [-0.15, -0.1) is 6.58 Å². The Kier molecular flexibility index (Phi) is 8.45. The molecule has 1 atom stereocenters. The third-order valence-corrected chi connectivity index (χ3v) is 3.18. The number of hydrogen-bond donors (Lipinski definition) is 1. The highest BCUT2D eigenvalue weighted by Gasteiger charge is 2.12. The molecule has 94 valence electrons. The van der Waals surface area contributed by atoms with Crippen molar-refractivity contribution in [2.75, 3.05) is 19.7 Å². The number of rotatable bonds is 9. The van der Waals surface area contributed by atoms with Gasteiger partial charge in [-0.3, -0.25) is 0 Å². The minimum atomic E-state index is 0.530. The fourth-order valence-corrected chi connectivity index (χ4v) is 2.14. The summed E-state index contributed by atoms with van der Waals surface area (Å²) in [5.74, 6) is 0. The van der Waals surface area contributed by atoms with Crippen LogP contribution in [0.5, 0.6) is 0 Å². The number of nitrogens with one attached hydrogen (secondary N) is 1. The summed E-state index contributed by atoms with van der Waals surface area (Å²) < 4.78 is 5.69. The van der Waals surface area contributed by atoms with Gasteiger partial charge in [-0.2, -0.15) is 0 Å². The summed E-state index contributed by atoms with van der Waals surface area (Å²) in [6, 6.07) is 0. The van der Waals surface area contributed by atoms with Crippen LogP contribution >= 0.6 is 0 Å². The van der Waals surface area contributed by atoms with Gasteiger partial charge in [-0.05, 0) is 58.0 Å². The molecule has 16 heavy (non-hydrogen) atoms. The van der Waals surface area contributed by atoms with E-state index in [2.05, 4.69) is 11.9 Å². The second kappa shape index (κ2) is 9.86. The van der Waals surface area contributed by atoms with Crippen molar-refractivity contribution in [3.63, 3.8) is 0 Å². The second-order valence-corrected chi connectivity index (χ2v) is 4.67. The molecule has 1 saturated heterocycles. The van der Waals surface area contributed by atoms with E-state index in [1.54, 1.807) is 0 Å². The monoisotopic (exact) mass is 225 g/mol. The second-order valence-electron chi connectivity index (χ2n) is 4.67. The first-order chi connectivity index (χ1) is 7.93. The molecule has 1 unspecified atom stereocenters. The Labute approximate surface area is 100 Å². The SMILES string of the molecule is C=CCCCCCNCCC1CCCCO1. The van der Waals surface area contributed by atoms with E-state index in [4.69, 9.17) is 4.74 Å². The van der Waals surface area contributed by atoms with Crippen molar-refractivity contribution in [1.29, 1.82) is 0 Å². The molecule has 2 heteroatoms. The third kappa shape index (κ3) is 7.02. The summed E-state index contributed by atoms with van der Waals surface area (Å²) >= 11 is 0. The lowest BCUT2D eigenvalue weighted by molar-refractivity contribution is 0.0116. The zero-order chi connectivity index (χ0) is 11.5. The van der Waals surface area contributed by atoms with Crippen molar-refractivity contribution in [3.05, 3.63) is 12.7 Å². The predicted octanol–water partition coefficient (Wildman–Crippen LogP) is 3.28. The van der Waals surface area contributed by atoms with Gasteiger partial charge in [-0.1, -0.05) is 12.5 Å². The molecule has 0 aliphatic carbocycles. The van der Waals surface area contributed by atoms with Crippen LogP contribution in [0.15, 0.2) is 12.7 Å². The van der Waals surface area contributed by atoms with Crippen LogP contribution in [0.1, 0.15) is 51.4 Å². The molecular weight excluding hydrogens is 198 g/mol. The van der Waals surface area contributed by atoms with E-state index < -0.39 is 0 Å². The minimum Gasteiger partial charge on any atom is -0.378 e. The Bertz CT molecular complexity index is 164. The van der Waals surface area contributed by atoms with Crippen molar-refractivity contribution >= 4 is 0 Å². The molecule has 0 saturated carbocycles. The number of allylic oxidation sites excluding steroid dienone is 1. The van der Waals surface area contributed by atoms with Crippen molar-refractivity contribution in [3.8, 4) is 0 Å². The Morgan fingerprint density at radius 3 is 2.88 bits per heavy atom. The number of ether oxygens (including phenoxy) is 1. The zero-order valence-electron chi connectivity index (χ0n) is 10.5. The molecule has 0 aromatic rings. The van der Waals surface area contributed by atoms with E-state index in [1.165, 1.54) is 44.9 Å². The largest absolute Gasteiger partial charge is 0.378 e. The van der Waals surface area contributed by atoms with E-state index in [0.29, 0.717) is 6.10 Å². The van der Waals surface area contributed by atoms with Crippen molar-refractivity contribution in [2.24, 2.45) is 0 Å². The maximum absolute atomic E-state index is 5.69. The smallest absolute Gasteiger partial charge is 0.0587 e. The van der Waals surface area contributed by atoms with Crippen LogP contribution in [-0.4, -0.2) is 25.8 Å². The van der Waals surface area contributed by atoms with Crippen molar-refractivity contribution in [1.82, 2.24) is 5.32 Å². The predicted molar refractivity (Wildman–Crippen MR) is 69.7 cm³/mol. The summed E-state index contributed by atoms with van der Waals surface area (Å²) in [7, 11) is 0. The molecule has 0 aromatic heterocycles. The highest BCUT2D eigenvalue weighted by atomic mass is 16.5. The van der Waals surface area contributed by atoms with Crippen LogP contribution in [0.3, 0.4) is 0 Å². The summed E-state index contributed by atoms with van der Waals surface area (Å²) in [5.41, 5.74) is 0. The Balaban J connectivity index is 1.78. The minimum absolute atomic E-state index is 0.530. The fraction of sp³-hybridized carbons (Fsp3) is 0.857. The average Bonchev–Trinajstić information content (AvgIpc) is 2.34. The zero-order valence-corrected chi connectivity index (χ0v) is 10.5. The standard InChI is InChI=1S/C14H27NO/c1-2-3-4-5-7-11-15-12-10-14-9-6-8-13-16-14/h2,14-15H,1,3-13H2. The van der Waals surface area contributed by atoms with Gasteiger partial charge in [0.15, 0.2) is 0 Å². The Morgan fingerprint density at radius 2 is 2.12 bits per heavy atom. The number of hydrogen-bond acceptors (Lipinski definition) is 2. The third-order valence-electron chi connectivity index (χ3n) is 3.18. The van der Waals surface area contributed by atoms with Gasteiger partial charge in [0.2, 0.25) is 0 Å². The fourth-order valence-electron chi connectivity index (χ4n) is 2.14.